The van der Waals surface area contributed by atoms with Gasteiger partial charge in [-0.15, -0.1) is 0 Å². The molecular weight excluding hydrogens is 408 g/mol. The van der Waals surface area contributed by atoms with Crippen molar-refractivity contribution < 1.29 is 23.6 Å². The monoisotopic (exact) mass is 428 g/mol. The number of fused-ring (bicyclic) bond motifs is 1. The molecule has 0 fully saturated rings. The van der Waals surface area contributed by atoms with E-state index in [1.54, 1.807) is 36.1 Å². The van der Waals surface area contributed by atoms with Gasteiger partial charge in [-0.2, -0.15) is 0 Å². The number of aryl methyl sites for hydroxylation is 1. The highest BCUT2D eigenvalue weighted by Crippen LogP contribution is 2.34. The number of methoxy groups -OCH3 is 2. The summed E-state index contributed by atoms with van der Waals surface area (Å²) in [6.07, 6.45) is 0.600. The van der Waals surface area contributed by atoms with E-state index in [0.717, 1.165) is 10.6 Å². The molecule has 156 valence electrons. The Morgan fingerprint density at radius 2 is 2.10 bits per heavy atom. The number of nitrogens with one attached hydrogen (secondary N) is 1. The number of carbonyl (C=O) groups is 2. The Hall–Kier alpha value is -3.40. The van der Waals surface area contributed by atoms with Crippen LogP contribution in [-0.4, -0.2) is 47.6 Å². The molecule has 9 nitrogen and oxygen atoms in total. The van der Waals surface area contributed by atoms with Gasteiger partial charge in [-0.05, 0) is 19.1 Å². The van der Waals surface area contributed by atoms with Gasteiger partial charge in [0.25, 0.3) is 11.8 Å². The van der Waals surface area contributed by atoms with E-state index in [4.69, 9.17) is 14.0 Å². The van der Waals surface area contributed by atoms with Gasteiger partial charge in [-0.3, -0.25) is 14.9 Å². The van der Waals surface area contributed by atoms with Crippen molar-refractivity contribution in [2.45, 2.75) is 19.9 Å². The molecule has 0 radical (unpaired) electrons. The van der Waals surface area contributed by atoms with E-state index in [1.165, 1.54) is 25.6 Å². The van der Waals surface area contributed by atoms with Crippen LogP contribution >= 0.6 is 11.3 Å². The molecule has 2 amide bonds. The third kappa shape index (κ3) is 3.73. The van der Waals surface area contributed by atoms with Crippen LogP contribution in [0.3, 0.4) is 0 Å². The first-order chi connectivity index (χ1) is 14.5. The minimum Gasteiger partial charge on any atom is -0.493 e. The number of thiazole rings is 1. The lowest BCUT2D eigenvalue weighted by atomic mass is 10.1. The third-order valence-electron chi connectivity index (χ3n) is 4.73. The highest BCUT2D eigenvalue weighted by molar-refractivity contribution is 7.15. The van der Waals surface area contributed by atoms with Gasteiger partial charge in [0.05, 0.1) is 32.0 Å². The molecule has 4 rings (SSSR count). The number of hydrogen-bond acceptors (Lipinski definition) is 8. The number of ether oxygens (including phenoxy) is 2. The standard InChI is InChI=1S/C20H20N4O5S/c1-11-9-14(23-29-11)18(25)22-20-21-13-7-8-24(10-16(13)30-20)19(26)12-5-4-6-15(27-2)17(12)28-3/h4-6,9H,7-8,10H2,1-3H3,(H,21,22,25). The number of amides is 2. The Kier molecular flexibility index (Phi) is 5.40. The molecule has 0 unspecified atom stereocenters. The number of anilines is 1. The second kappa shape index (κ2) is 8.15. The van der Waals surface area contributed by atoms with E-state index in [-0.39, 0.29) is 17.5 Å². The molecule has 0 atom stereocenters. The first kappa shape index (κ1) is 19.9. The molecule has 0 bridgehead atoms. The van der Waals surface area contributed by atoms with Crippen molar-refractivity contribution in [1.29, 1.82) is 0 Å². The number of para-hydroxylation sites is 1. The normalized spacial score (nSPS) is 13.0. The van der Waals surface area contributed by atoms with Gasteiger partial charge in [-0.1, -0.05) is 22.6 Å². The zero-order chi connectivity index (χ0) is 21.3. The number of hydrogen-bond donors (Lipinski definition) is 1. The molecule has 10 heteroatoms. The first-order valence-electron chi connectivity index (χ1n) is 9.23. The maximum Gasteiger partial charge on any atom is 0.279 e. The summed E-state index contributed by atoms with van der Waals surface area (Å²) >= 11 is 1.35. The summed E-state index contributed by atoms with van der Waals surface area (Å²) in [5.74, 6) is 0.948. The zero-order valence-electron chi connectivity index (χ0n) is 16.7. The van der Waals surface area contributed by atoms with Gasteiger partial charge in [-0.25, -0.2) is 4.98 Å². The SMILES string of the molecule is COc1cccc(C(=O)N2CCc3nc(NC(=O)c4cc(C)on4)sc3C2)c1OC. The maximum absolute atomic E-state index is 13.1. The van der Waals surface area contributed by atoms with Crippen molar-refractivity contribution in [1.82, 2.24) is 15.0 Å². The van der Waals surface area contributed by atoms with Gasteiger partial charge >= 0.3 is 0 Å². The Morgan fingerprint density at radius 3 is 2.80 bits per heavy atom. The summed E-state index contributed by atoms with van der Waals surface area (Å²) in [7, 11) is 3.05. The highest BCUT2D eigenvalue weighted by atomic mass is 32.1. The van der Waals surface area contributed by atoms with E-state index in [0.29, 0.717) is 47.5 Å². The number of nitrogens with zero attached hydrogens (tertiary/aromatic N) is 3. The van der Waals surface area contributed by atoms with Crippen molar-refractivity contribution in [3.05, 3.63) is 51.9 Å². The topological polar surface area (TPSA) is 107 Å². The van der Waals surface area contributed by atoms with Crippen molar-refractivity contribution >= 4 is 28.3 Å². The first-order valence-corrected chi connectivity index (χ1v) is 10.0. The highest BCUT2D eigenvalue weighted by Gasteiger charge is 2.28. The van der Waals surface area contributed by atoms with Crippen molar-refractivity contribution in [2.24, 2.45) is 0 Å². The molecule has 2 aromatic heterocycles. The van der Waals surface area contributed by atoms with Crippen LogP contribution in [0, 0.1) is 6.92 Å². The summed E-state index contributed by atoms with van der Waals surface area (Å²) < 4.78 is 15.6. The van der Waals surface area contributed by atoms with Crippen LogP contribution in [0.15, 0.2) is 28.8 Å². The average molecular weight is 428 g/mol. The fourth-order valence-electron chi connectivity index (χ4n) is 3.28. The second-order valence-corrected chi connectivity index (χ2v) is 7.77. The van der Waals surface area contributed by atoms with Gasteiger partial charge in [0, 0.05) is 23.9 Å². The molecule has 3 aromatic rings. The summed E-state index contributed by atoms with van der Waals surface area (Å²) in [4.78, 5) is 32.6. The van der Waals surface area contributed by atoms with Gasteiger partial charge in [0.2, 0.25) is 0 Å². The summed E-state index contributed by atoms with van der Waals surface area (Å²) in [6.45, 7) is 2.64. The molecule has 1 aliphatic heterocycles. The van der Waals surface area contributed by atoms with E-state index in [1.807, 2.05) is 0 Å². The molecule has 30 heavy (non-hydrogen) atoms. The Balaban J connectivity index is 1.50. The molecule has 1 aromatic carbocycles. The molecule has 0 aliphatic carbocycles. The quantitative estimate of drug-likeness (QED) is 0.666. The van der Waals surface area contributed by atoms with Crippen molar-refractivity contribution in [3.8, 4) is 11.5 Å². The Labute approximate surface area is 176 Å². The van der Waals surface area contributed by atoms with Crippen LogP contribution in [0.1, 0.15) is 37.2 Å². The summed E-state index contributed by atoms with van der Waals surface area (Å²) in [5, 5.41) is 6.92. The fraction of sp³-hybridized carbons (Fsp3) is 0.300. The molecule has 0 saturated carbocycles. The number of carbonyl (C=O) groups excluding carboxylic acids is 2. The minimum absolute atomic E-state index is 0.145. The lowest BCUT2D eigenvalue weighted by Gasteiger charge is -2.27. The Morgan fingerprint density at radius 1 is 1.27 bits per heavy atom. The lowest BCUT2D eigenvalue weighted by Crippen LogP contribution is -2.35. The van der Waals surface area contributed by atoms with Crippen LogP contribution in [-0.2, 0) is 13.0 Å². The van der Waals surface area contributed by atoms with Crippen LogP contribution in [0.2, 0.25) is 0 Å². The zero-order valence-corrected chi connectivity index (χ0v) is 17.5. The van der Waals surface area contributed by atoms with Crippen LogP contribution in [0.4, 0.5) is 5.13 Å². The van der Waals surface area contributed by atoms with Crippen LogP contribution < -0.4 is 14.8 Å². The van der Waals surface area contributed by atoms with Gasteiger partial charge in [0.1, 0.15) is 5.76 Å². The van der Waals surface area contributed by atoms with Gasteiger partial charge < -0.3 is 18.9 Å². The summed E-state index contributed by atoms with van der Waals surface area (Å²) in [6, 6.07) is 6.79. The number of aromatic nitrogens is 2. The summed E-state index contributed by atoms with van der Waals surface area (Å²) in [5.41, 5.74) is 1.52. The Bertz CT molecular complexity index is 1110. The smallest absolute Gasteiger partial charge is 0.279 e. The van der Waals surface area contributed by atoms with Gasteiger partial charge in [0.15, 0.2) is 22.3 Å². The second-order valence-electron chi connectivity index (χ2n) is 6.68. The predicted molar refractivity (Wildman–Crippen MR) is 109 cm³/mol. The fourth-order valence-corrected chi connectivity index (χ4v) is 4.30. The van der Waals surface area contributed by atoms with E-state index in [9.17, 15) is 9.59 Å². The van der Waals surface area contributed by atoms with E-state index >= 15 is 0 Å². The average Bonchev–Trinajstić information content (AvgIpc) is 3.37. The number of benzene rings is 1. The maximum atomic E-state index is 13.1. The van der Waals surface area contributed by atoms with E-state index < -0.39 is 0 Å². The molecular formula is C20H20N4O5S. The lowest BCUT2D eigenvalue weighted by molar-refractivity contribution is 0.0732. The molecule has 1 N–H and O–H groups in total. The third-order valence-corrected chi connectivity index (χ3v) is 5.73. The van der Waals surface area contributed by atoms with E-state index in [2.05, 4.69) is 15.5 Å². The molecule has 3 heterocycles. The molecule has 0 spiro atoms. The van der Waals surface area contributed by atoms with Crippen LogP contribution in [0.5, 0.6) is 11.5 Å². The number of rotatable bonds is 5. The van der Waals surface area contributed by atoms with Crippen LogP contribution in [0.25, 0.3) is 0 Å². The predicted octanol–water partition coefficient (Wildman–Crippen LogP) is 2.91. The largest absolute Gasteiger partial charge is 0.493 e. The molecule has 0 saturated heterocycles. The molecule has 1 aliphatic rings. The van der Waals surface area contributed by atoms with Crippen molar-refractivity contribution in [2.75, 3.05) is 26.1 Å². The minimum atomic E-state index is -0.382. The van der Waals surface area contributed by atoms with Crippen molar-refractivity contribution in [3.63, 3.8) is 0 Å².